The van der Waals surface area contributed by atoms with E-state index in [4.69, 9.17) is 28.2 Å². The molecule has 562 valence electrons. The Kier molecular flexibility index (Phi) is 28.3. The topological polar surface area (TPSA) is 407 Å². The minimum Gasteiger partial charge on any atom is -0.396 e. The van der Waals surface area contributed by atoms with E-state index >= 15 is 0 Å². The Bertz CT molecular complexity index is 4990. The van der Waals surface area contributed by atoms with E-state index in [1.54, 1.807) is 48.5 Å². The van der Waals surface area contributed by atoms with E-state index in [0.29, 0.717) is 51.4 Å². The van der Waals surface area contributed by atoms with Gasteiger partial charge in [0.05, 0.1) is 42.4 Å². The molecule has 2 aliphatic rings. The Balaban J connectivity index is 0.000000242. The average Bonchev–Trinajstić information content (AvgIpc) is 1.61. The molecule has 0 fully saturated rings. The van der Waals surface area contributed by atoms with Crippen molar-refractivity contribution in [2.24, 2.45) is 0 Å². The Labute approximate surface area is 627 Å². The van der Waals surface area contributed by atoms with Crippen LogP contribution in [0.5, 0.6) is 0 Å². The molecule has 0 spiro atoms. The SMILES string of the molecule is Cc1ccc(S(=O)(=O)O)cc1.Cc1ccc(S(=O)(=O)O)cc1.Cc1ccc(S(=O)(=O)O)cc1.Cc1ccc(S(=O)(=O)O)cc1.OCCCc1cc(-c2c3nc(c(-c4ccnc(CCCO)c4)c4ccc([nH]4)c(-c4ccnc(CCCO)c4)c4nc(c(-c5ccnc(CCCO)c5)c5ccc2[nH]5)C=C4)C=C3)ccn1. The number of aliphatic hydroxyl groups excluding tert-OH is 4. The lowest BCUT2D eigenvalue weighted by Gasteiger charge is -2.09. The molecule has 0 saturated carbocycles. The first-order valence-electron chi connectivity index (χ1n) is 34.1. The fourth-order valence-corrected chi connectivity index (χ4v) is 13.3. The number of rotatable bonds is 20. The number of benzene rings is 4. The van der Waals surface area contributed by atoms with Gasteiger partial charge < -0.3 is 30.4 Å². The van der Waals surface area contributed by atoms with Crippen molar-refractivity contribution < 1.29 is 72.3 Å². The second-order valence-electron chi connectivity index (χ2n) is 25.1. The van der Waals surface area contributed by atoms with Gasteiger partial charge in [-0.05, 0) is 247 Å². The summed E-state index contributed by atoms with van der Waals surface area (Å²) >= 11 is 0. The van der Waals surface area contributed by atoms with Crippen LogP contribution in [0.4, 0.5) is 0 Å². The highest BCUT2D eigenvalue weighted by Crippen LogP contribution is 2.39. The van der Waals surface area contributed by atoms with Crippen molar-refractivity contribution in [1.82, 2.24) is 39.9 Å². The van der Waals surface area contributed by atoms with Gasteiger partial charge in [-0.2, -0.15) is 33.7 Å². The number of pyridine rings is 4. The van der Waals surface area contributed by atoms with Gasteiger partial charge >= 0.3 is 0 Å². The third kappa shape index (κ3) is 22.8. The molecule has 10 N–H and O–H groups in total. The van der Waals surface area contributed by atoms with E-state index in [9.17, 15) is 54.1 Å². The lowest BCUT2D eigenvalue weighted by atomic mass is 10.0. The highest BCUT2D eigenvalue weighted by atomic mass is 32.2. The molecule has 9 heterocycles. The summed E-state index contributed by atoms with van der Waals surface area (Å²) < 4.78 is 118. The molecule has 0 saturated heterocycles. The van der Waals surface area contributed by atoms with Gasteiger partial charge in [0.1, 0.15) is 0 Å². The molecular formula is C80H82N8O16S4. The van der Waals surface area contributed by atoms with Crippen LogP contribution in [0.25, 0.3) is 90.9 Å². The van der Waals surface area contributed by atoms with Crippen molar-refractivity contribution in [3.8, 4) is 44.5 Å². The van der Waals surface area contributed by atoms with Crippen LogP contribution in [0.2, 0.25) is 0 Å². The number of aliphatic hydroxyl groups is 4. The first-order valence-corrected chi connectivity index (χ1v) is 39.9. The van der Waals surface area contributed by atoms with E-state index in [1.807, 2.05) is 76.7 Å². The number of nitrogens with zero attached hydrogens (tertiary/aromatic N) is 6. The predicted octanol–water partition coefficient (Wildman–Crippen LogP) is 13.6. The molecule has 11 aromatic rings. The summed E-state index contributed by atoms with van der Waals surface area (Å²) in [6.45, 7) is 7.67. The normalized spacial score (nSPS) is 11.8. The number of aromatic nitrogens is 8. The molecule has 108 heavy (non-hydrogen) atoms. The van der Waals surface area contributed by atoms with Gasteiger partial charge in [-0.3, -0.25) is 38.1 Å². The first kappa shape index (κ1) is 81.6. The molecule has 4 aromatic carbocycles. The molecule has 0 atom stereocenters. The minimum atomic E-state index is -4.02. The second kappa shape index (κ2) is 37.4. The molecule has 28 heteroatoms. The van der Waals surface area contributed by atoms with Crippen LogP contribution in [0.15, 0.2) is 214 Å². The van der Waals surface area contributed by atoms with Crippen LogP contribution in [-0.2, 0) is 66.2 Å². The summed E-state index contributed by atoms with van der Waals surface area (Å²) in [7, 11) is -16.1. The number of fused-ring (bicyclic) bond motifs is 8. The number of hydrogen-bond acceptors (Lipinski definition) is 18. The maximum atomic E-state index is 10.5. The number of hydrogen-bond donors (Lipinski definition) is 10. The lowest BCUT2D eigenvalue weighted by Crippen LogP contribution is -1.96. The van der Waals surface area contributed by atoms with E-state index in [-0.39, 0.29) is 46.0 Å². The van der Waals surface area contributed by atoms with E-state index < -0.39 is 40.5 Å². The van der Waals surface area contributed by atoms with Gasteiger partial charge in [-0.1, -0.05) is 70.8 Å². The summed E-state index contributed by atoms with van der Waals surface area (Å²) in [5.74, 6) is 0. The quantitative estimate of drug-likeness (QED) is 0.0317. The van der Waals surface area contributed by atoms with Crippen LogP contribution in [-0.4, -0.2) is 139 Å². The summed E-state index contributed by atoms with van der Waals surface area (Å²) in [4.78, 5) is 36.8. The summed E-state index contributed by atoms with van der Waals surface area (Å²) in [5, 5.41) is 38.7. The van der Waals surface area contributed by atoms with Gasteiger partial charge in [0.2, 0.25) is 0 Å². The van der Waals surface area contributed by atoms with Crippen molar-refractivity contribution in [3.05, 3.63) is 262 Å². The van der Waals surface area contributed by atoms with Gasteiger partial charge in [0.25, 0.3) is 40.5 Å². The number of aromatic amines is 2. The van der Waals surface area contributed by atoms with E-state index in [0.717, 1.165) is 134 Å². The molecule has 13 rings (SSSR count). The maximum Gasteiger partial charge on any atom is 0.294 e. The van der Waals surface area contributed by atoms with E-state index in [1.165, 1.54) is 48.5 Å². The minimum absolute atomic E-state index is 0.0666. The second-order valence-corrected chi connectivity index (χ2v) is 30.8. The monoisotopic (exact) mass is 1540 g/mol. The Morgan fingerprint density at radius 2 is 0.481 bits per heavy atom. The van der Waals surface area contributed by atoms with Crippen LogP contribution in [0.1, 0.15) is 93.5 Å². The number of H-pyrrole nitrogens is 2. The Morgan fingerprint density at radius 3 is 0.657 bits per heavy atom. The molecule has 8 bridgehead atoms. The van der Waals surface area contributed by atoms with Crippen molar-refractivity contribution in [1.29, 1.82) is 0 Å². The Hall–Kier alpha value is -10.4. The Morgan fingerprint density at radius 1 is 0.287 bits per heavy atom. The summed E-state index contributed by atoms with van der Waals surface area (Å²) in [5.41, 5.74) is 21.1. The molecule has 0 amide bonds. The zero-order valence-corrected chi connectivity index (χ0v) is 62.7. The fourth-order valence-electron chi connectivity index (χ4n) is 11.4. The molecule has 2 aliphatic heterocycles. The third-order valence-corrected chi connectivity index (χ3v) is 20.3. The van der Waals surface area contributed by atoms with Crippen molar-refractivity contribution in [2.75, 3.05) is 26.4 Å². The number of aryl methyl sites for hydroxylation is 8. The largest absolute Gasteiger partial charge is 0.396 e. The molecule has 0 unspecified atom stereocenters. The van der Waals surface area contributed by atoms with Crippen molar-refractivity contribution in [2.45, 2.75) is 98.6 Å². The number of nitrogens with one attached hydrogen (secondary N) is 2. The zero-order chi connectivity index (χ0) is 77.8. The molecule has 0 aliphatic carbocycles. The smallest absolute Gasteiger partial charge is 0.294 e. The van der Waals surface area contributed by atoms with Crippen LogP contribution >= 0.6 is 0 Å². The van der Waals surface area contributed by atoms with Gasteiger partial charge in [0, 0.05) is 118 Å². The first-order chi connectivity index (χ1) is 51.5. The zero-order valence-electron chi connectivity index (χ0n) is 59.4. The molecular weight excluding hydrogens is 1460 g/mol. The van der Waals surface area contributed by atoms with Gasteiger partial charge in [0.15, 0.2) is 0 Å². The summed E-state index contributed by atoms with van der Waals surface area (Å²) in [6.07, 6.45) is 20.4. The lowest BCUT2D eigenvalue weighted by molar-refractivity contribution is 0.288. The average molecular weight is 1540 g/mol. The van der Waals surface area contributed by atoms with Crippen LogP contribution in [0, 0.1) is 27.7 Å². The molecule has 7 aromatic heterocycles. The van der Waals surface area contributed by atoms with Gasteiger partial charge in [-0.25, -0.2) is 9.97 Å². The van der Waals surface area contributed by atoms with E-state index in [2.05, 4.69) is 103 Å². The predicted molar refractivity (Wildman–Crippen MR) is 417 cm³/mol. The highest BCUT2D eigenvalue weighted by Gasteiger charge is 2.21. The fraction of sp³-hybridized carbons (Fsp3) is 0.200. The molecule has 24 nitrogen and oxygen atoms in total. The molecule has 0 radical (unpaired) electrons. The summed E-state index contributed by atoms with van der Waals surface area (Å²) in [6, 6.07) is 48.6. The van der Waals surface area contributed by atoms with Crippen molar-refractivity contribution in [3.63, 3.8) is 0 Å². The van der Waals surface area contributed by atoms with Crippen LogP contribution < -0.4 is 0 Å². The van der Waals surface area contributed by atoms with Gasteiger partial charge in [-0.15, -0.1) is 0 Å². The highest BCUT2D eigenvalue weighted by molar-refractivity contribution is 7.86. The maximum absolute atomic E-state index is 10.5. The third-order valence-electron chi connectivity index (χ3n) is 16.8. The standard InChI is InChI=1S/C52H50N8O4.4C7H8O3S/c61-25-1-5-37-29-33(17-21-53-37)49-41-9-11-43(57-41)50(34-18-22-54-38(30-34)6-2-26-62)45-13-15-47(59-45)52(36-20-24-56-40(32-36)8-4-28-64)48-16-14-46(60-48)51(44-12-10-42(49)58-44)35-19-23-55-39(31-35)7-3-27-63;4*1-6-2-4-7(5-3-6)11(8,9)10/h9-24,29-32,57,60-64H,1-8,25-28H2;4*2-5H,1H3,(H,8,9,10). The van der Waals surface area contributed by atoms with Crippen molar-refractivity contribution >= 4 is 86.8 Å². The van der Waals surface area contributed by atoms with Crippen LogP contribution in [0.3, 0.4) is 0 Å².